The van der Waals surface area contributed by atoms with Crippen LogP contribution in [-0.2, 0) is 17.6 Å². The van der Waals surface area contributed by atoms with Crippen molar-refractivity contribution < 1.29 is 13.5 Å². The van der Waals surface area contributed by atoms with Crippen LogP contribution in [0.2, 0.25) is 0 Å². The lowest BCUT2D eigenvalue weighted by Crippen LogP contribution is -2.27. The monoisotopic (exact) mass is 423 g/mol. The zero-order chi connectivity index (χ0) is 21.3. The Bertz CT molecular complexity index is 1150. The molecule has 4 rings (SSSR count). The van der Waals surface area contributed by atoms with Gasteiger partial charge in [-0.2, -0.15) is 10.2 Å². The topological polar surface area (TPSA) is 127 Å². The summed E-state index contributed by atoms with van der Waals surface area (Å²) in [5.41, 5.74) is 4.05. The molecule has 1 aliphatic carbocycles. The minimum atomic E-state index is -1.58. The average molecular weight is 423 g/mol. The van der Waals surface area contributed by atoms with Crippen LogP contribution in [0.15, 0.2) is 40.9 Å². The van der Waals surface area contributed by atoms with Crippen molar-refractivity contribution in [2.75, 3.05) is 0 Å². The van der Waals surface area contributed by atoms with E-state index in [2.05, 4.69) is 20.9 Å². The molecule has 8 nitrogen and oxygen atoms in total. The van der Waals surface area contributed by atoms with Gasteiger partial charge in [0.25, 0.3) is 5.89 Å². The Balaban J connectivity index is 1.66. The zero-order valence-electron chi connectivity index (χ0n) is 16.6. The number of rotatable bonds is 6. The molecule has 0 fully saturated rings. The smallest absolute Gasteiger partial charge is 0.258 e. The highest BCUT2D eigenvalue weighted by atomic mass is 32.2. The van der Waals surface area contributed by atoms with E-state index in [0.717, 1.165) is 29.5 Å². The summed E-state index contributed by atoms with van der Waals surface area (Å²) in [6.45, 7) is 3.81. The van der Waals surface area contributed by atoms with E-state index in [1.165, 1.54) is 0 Å². The number of benzene rings is 2. The lowest BCUT2D eigenvalue weighted by molar-refractivity contribution is 0.241. The Morgan fingerprint density at radius 3 is 2.93 bits per heavy atom. The summed E-state index contributed by atoms with van der Waals surface area (Å²) in [5.74, 6) is 1.32. The maximum absolute atomic E-state index is 11.4. The fourth-order valence-electron chi connectivity index (χ4n) is 3.68. The molecule has 0 saturated heterocycles. The van der Waals surface area contributed by atoms with Crippen molar-refractivity contribution in [3.8, 4) is 34.7 Å². The molecule has 1 unspecified atom stereocenters. The Morgan fingerprint density at radius 1 is 1.37 bits per heavy atom. The number of aromatic nitrogens is 2. The largest absolute Gasteiger partial charge is 0.490 e. The first kappa shape index (κ1) is 20.2. The number of fused-ring (bicyclic) bond motifs is 1. The molecule has 9 heteroatoms. The second-order valence-corrected chi connectivity index (χ2v) is 8.12. The van der Waals surface area contributed by atoms with Crippen molar-refractivity contribution in [1.29, 1.82) is 5.26 Å². The van der Waals surface area contributed by atoms with Gasteiger partial charge in [0.1, 0.15) is 11.8 Å². The zero-order valence-corrected chi connectivity index (χ0v) is 17.4. The molecule has 1 heterocycles. The van der Waals surface area contributed by atoms with Gasteiger partial charge in [0, 0.05) is 17.2 Å². The van der Waals surface area contributed by atoms with Crippen molar-refractivity contribution in [2.24, 2.45) is 5.14 Å². The second-order valence-electron chi connectivity index (χ2n) is 7.29. The maximum Gasteiger partial charge on any atom is 0.258 e. The van der Waals surface area contributed by atoms with Crippen molar-refractivity contribution in [3.05, 3.63) is 53.1 Å². The first-order chi connectivity index (χ1) is 14.5. The summed E-state index contributed by atoms with van der Waals surface area (Å²) >= 11 is -1.58. The molecule has 154 valence electrons. The fraction of sp³-hybridized carbons (Fsp3) is 0.286. The van der Waals surface area contributed by atoms with E-state index in [-0.39, 0.29) is 12.1 Å². The molecular weight excluding hydrogens is 402 g/mol. The normalized spacial score (nSPS) is 16.3. The molecule has 2 aromatic carbocycles. The van der Waals surface area contributed by atoms with Crippen LogP contribution in [0.4, 0.5) is 0 Å². The van der Waals surface area contributed by atoms with Crippen LogP contribution in [0.3, 0.4) is 0 Å². The van der Waals surface area contributed by atoms with E-state index in [1.807, 2.05) is 32.0 Å². The fourth-order valence-corrected chi connectivity index (χ4v) is 4.21. The third-order valence-electron chi connectivity index (χ3n) is 4.91. The Morgan fingerprint density at radius 2 is 2.20 bits per heavy atom. The molecule has 0 bridgehead atoms. The molecule has 3 aromatic rings. The van der Waals surface area contributed by atoms with Gasteiger partial charge in [0.15, 0.2) is 11.2 Å². The quantitative estimate of drug-likeness (QED) is 0.627. The molecule has 30 heavy (non-hydrogen) atoms. The predicted octanol–water partition coefficient (Wildman–Crippen LogP) is 3.18. The van der Waals surface area contributed by atoms with Crippen molar-refractivity contribution in [3.63, 3.8) is 0 Å². The van der Waals surface area contributed by atoms with Crippen LogP contribution < -0.4 is 14.6 Å². The summed E-state index contributed by atoms with van der Waals surface area (Å²) in [6.07, 6.45) is 1.56. The minimum absolute atomic E-state index is 0.0341. The number of hydrogen-bond donors (Lipinski definition) is 2. The molecule has 2 atom stereocenters. The summed E-state index contributed by atoms with van der Waals surface area (Å²) < 4.78 is 25.4. The summed E-state index contributed by atoms with van der Waals surface area (Å²) in [5, 5.41) is 19.0. The van der Waals surface area contributed by atoms with Crippen LogP contribution >= 0.6 is 0 Å². The molecular formula is C21H21N5O3S. The van der Waals surface area contributed by atoms with Crippen LogP contribution in [-0.4, -0.2) is 20.5 Å². The number of nitrogens with zero attached hydrogens (tertiary/aromatic N) is 3. The standard InChI is InChI=1S/C21H21N5O3S/c1-12(2)28-19-9-6-13(10-14(19)11-22)21-24-20(25-29-21)17-5-3-4-16-15(17)7-8-18(16)26-30(23)27/h3-6,9-10,12,18,26H,7-8,23H2,1-2H3/t18-,30?/m1/s1. The van der Waals surface area contributed by atoms with Crippen molar-refractivity contribution >= 4 is 11.2 Å². The van der Waals surface area contributed by atoms with Gasteiger partial charge < -0.3 is 9.26 Å². The molecule has 3 N–H and O–H groups in total. The summed E-state index contributed by atoms with van der Waals surface area (Å²) in [4.78, 5) is 4.55. The Labute approximate surface area is 176 Å². The molecule has 0 saturated carbocycles. The van der Waals surface area contributed by atoms with E-state index in [4.69, 9.17) is 14.4 Å². The van der Waals surface area contributed by atoms with Gasteiger partial charge >= 0.3 is 0 Å². The maximum atomic E-state index is 11.4. The van der Waals surface area contributed by atoms with E-state index in [9.17, 15) is 9.47 Å². The second kappa shape index (κ2) is 8.36. The third-order valence-corrected chi connectivity index (χ3v) is 5.42. The Kier molecular flexibility index (Phi) is 5.63. The van der Waals surface area contributed by atoms with Gasteiger partial charge in [-0.3, -0.25) is 0 Å². The number of hydrogen-bond acceptors (Lipinski definition) is 6. The number of ether oxygens (including phenoxy) is 1. The number of nitrogens with two attached hydrogens (primary N) is 1. The summed E-state index contributed by atoms with van der Waals surface area (Å²) in [7, 11) is 0. The highest BCUT2D eigenvalue weighted by molar-refractivity contribution is 7.80. The summed E-state index contributed by atoms with van der Waals surface area (Å²) in [6, 6.07) is 13.1. The highest BCUT2D eigenvalue weighted by Crippen LogP contribution is 2.37. The first-order valence-electron chi connectivity index (χ1n) is 9.55. The lowest BCUT2D eigenvalue weighted by atomic mass is 10.0. The first-order valence-corrected chi connectivity index (χ1v) is 10.8. The molecule has 0 radical (unpaired) electrons. The molecule has 1 aliphatic rings. The third kappa shape index (κ3) is 3.98. The number of nitrogens with one attached hydrogen (secondary N) is 1. The van der Waals surface area contributed by atoms with E-state index >= 15 is 0 Å². The van der Waals surface area contributed by atoms with Gasteiger partial charge in [0.05, 0.1) is 11.7 Å². The number of nitriles is 1. The highest BCUT2D eigenvalue weighted by Gasteiger charge is 2.27. The minimum Gasteiger partial charge on any atom is -0.490 e. The van der Waals surface area contributed by atoms with Crippen molar-refractivity contribution in [1.82, 2.24) is 14.9 Å². The van der Waals surface area contributed by atoms with Crippen LogP contribution in [0.5, 0.6) is 5.75 Å². The van der Waals surface area contributed by atoms with E-state index in [0.29, 0.717) is 28.6 Å². The van der Waals surface area contributed by atoms with Crippen LogP contribution in [0.1, 0.15) is 43.0 Å². The predicted molar refractivity (Wildman–Crippen MR) is 112 cm³/mol. The SMILES string of the molecule is CC(C)Oc1ccc(-c2nc(-c3cccc4c3CC[C@H]4NS(N)=O)no2)cc1C#N. The van der Waals surface area contributed by atoms with Gasteiger partial charge in [-0.15, -0.1) is 0 Å². The van der Waals surface area contributed by atoms with E-state index < -0.39 is 11.2 Å². The van der Waals surface area contributed by atoms with Gasteiger partial charge in [0.2, 0.25) is 5.82 Å². The van der Waals surface area contributed by atoms with Gasteiger partial charge in [-0.05, 0) is 56.0 Å². The molecule has 0 amide bonds. The Hall–Kier alpha value is -3.06. The van der Waals surface area contributed by atoms with Crippen LogP contribution in [0, 0.1) is 11.3 Å². The molecule has 0 aliphatic heterocycles. The van der Waals surface area contributed by atoms with Gasteiger partial charge in [-0.1, -0.05) is 23.4 Å². The molecule has 1 aromatic heterocycles. The molecule has 0 spiro atoms. The van der Waals surface area contributed by atoms with E-state index in [1.54, 1.807) is 18.2 Å². The van der Waals surface area contributed by atoms with Crippen LogP contribution in [0.25, 0.3) is 22.8 Å². The van der Waals surface area contributed by atoms with Crippen molar-refractivity contribution in [2.45, 2.75) is 38.8 Å². The average Bonchev–Trinajstić information content (AvgIpc) is 3.35. The lowest BCUT2D eigenvalue weighted by Gasteiger charge is -2.11. The van der Waals surface area contributed by atoms with Gasteiger partial charge in [-0.25, -0.2) is 14.1 Å².